The summed E-state index contributed by atoms with van der Waals surface area (Å²) in [6.07, 6.45) is -3.62. The van der Waals surface area contributed by atoms with Crippen LogP contribution in [0.15, 0.2) is 6.20 Å². The van der Waals surface area contributed by atoms with Gasteiger partial charge in [-0.25, -0.2) is 9.37 Å². The molecule has 100 valence electrons. The Hall–Kier alpha value is -1.09. The number of nitrogens with two attached hydrogens (primary N) is 1. The molecular formula is C10H14FN3O3S. The van der Waals surface area contributed by atoms with E-state index < -0.39 is 31.2 Å². The molecular weight excluding hydrogens is 261 g/mol. The molecule has 1 aliphatic rings. The normalized spacial score (nSPS) is 31.8. The van der Waals surface area contributed by atoms with E-state index in [0.29, 0.717) is 5.56 Å². The van der Waals surface area contributed by atoms with Gasteiger partial charge in [-0.3, -0.25) is 4.57 Å². The minimum Gasteiger partial charge on any atom is -0.394 e. The third kappa shape index (κ3) is 2.12. The minimum absolute atomic E-state index is 0.0662. The van der Waals surface area contributed by atoms with E-state index in [1.807, 2.05) is 0 Å². The molecule has 2 heterocycles. The van der Waals surface area contributed by atoms with Crippen molar-refractivity contribution in [3.8, 4) is 0 Å². The van der Waals surface area contributed by atoms with E-state index in [9.17, 15) is 9.50 Å². The van der Waals surface area contributed by atoms with Crippen molar-refractivity contribution in [1.82, 2.24) is 9.55 Å². The van der Waals surface area contributed by atoms with Gasteiger partial charge in [0.1, 0.15) is 18.0 Å². The number of nitrogen functional groups attached to an aromatic ring is 1. The van der Waals surface area contributed by atoms with Crippen molar-refractivity contribution < 1.29 is 19.3 Å². The first-order valence-corrected chi connectivity index (χ1v) is 5.80. The van der Waals surface area contributed by atoms with Gasteiger partial charge in [-0.1, -0.05) is 0 Å². The van der Waals surface area contributed by atoms with E-state index in [-0.39, 0.29) is 10.6 Å². The fourth-order valence-electron chi connectivity index (χ4n) is 1.84. The standard InChI is InChI=1S/C10H14FN3O3S/c1-4-2-14(10(18)13-8(4)12)9-6(11)7(16)5(3-15)17-9/h2,5-7,9,15-16H,3H2,1H3,(H2,12,13,18)/t5-,6?,7?,9-/m1/s1. The SMILES string of the molecule is Cc1cn([C@@H]2O[C@H](CO)C(O)C2F)c(=S)nc1N. The Bertz CT molecular complexity index is 510. The van der Waals surface area contributed by atoms with Crippen molar-refractivity contribution in [3.63, 3.8) is 0 Å². The van der Waals surface area contributed by atoms with Gasteiger partial charge in [0.2, 0.25) is 4.77 Å². The predicted molar refractivity (Wildman–Crippen MR) is 64.1 cm³/mol. The highest BCUT2D eigenvalue weighted by atomic mass is 32.1. The van der Waals surface area contributed by atoms with Crippen LogP contribution in [-0.4, -0.2) is 44.8 Å². The average Bonchev–Trinajstić information content (AvgIpc) is 2.61. The largest absolute Gasteiger partial charge is 0.394 e. The third-order valence-electron chi connectivity index (χ3n) is 2.92. The van der Waals surface area contributed by atoms with Crippen LogP contribution in [0, 0.1) is 11.7 Å². The van der Waals surface area contributed by atoms with Gasteiger partial charge >= 0.3 is 0 Å². The summed E-state index contributed by atoms with van der Waals surface area (Å²) in [5, 5.41) is 18.5. The Morgan fingerprint density at radius 1 is 1.67 bits per heavy atom. The second-order valence-corrected chi connectivity index (χ2v) is 4.55. The minimum atomic E-state index is -1.68. The predicted octanol–water partition coefficient (Wildman–Crippen LogP) is 0.0919. The molecule has 2 unspecified atom stereocenters. The number of halogens is 1. The topological polar surface area (TPSA) is 93.5 Å². The zero-order valence-corrected chi connectivity index (χ0v) is 10.5. The monoisotopic (exact) mass is 275 g/mol. The second kappa shape index (κ2) is 4.88. The average molecular weight is 275 g/mol. The fraction of sp³-hybridized carbons (Fsp3) is 0.600. The van der Waals surface area contributed by atoms with Crippen LogP contribution in [0.5, 0.6) is 0 Å². The number of aliphatic hydroxyl groups excluding tert-OH is 2. The lowest BCUT2D eigenvalue weighted by molar-refractivity contribution is -0.0484. The Morgan fingerprint density at radius 3 is 2.89 bits per heavy atom. The summed E-state index contributed by atoms with van der Waals surface area (Å²) in [4.78, 5) is 3.89. The summed E-state index contributed by atoms with van der Waals surface area (Å²) < 4.78 is 20.5. The molecule has 0 saturated carbocycles. The number of anilines is 1. The van der Waals surface area contributed by atoms with Crippen LogP contribution in [0.3, 0.4) is 0 Å². The summed E-state index contributed by atoms with van der Waals surface area (Å²) in [6, 6.07) is 0. The Morgan fingerprint density at radius 2 is 2.33 bits per heavy atom. The van der Waals surface area contributed by atoms with E-state index >= 15 is 0 Å². The number of hydrogen-bond donors (Lipinski definition) is 3. The Balaban J connectivity index is 2.39. The van der Waals surface area contributed by atoms with E-state index in [1.54, 1.807) is 6.92 Å². The first-order chi connectivity index (χ1) is 8.45. The zero-order valence-electron chi connectivity index (χ0n) is 9.65. The van der Waals surface area contributed by atoms with Crippen molar-refractivity contribution in [2.24, 2.45) is 0 Å². The molecule has 1 fully saturated rings. The van der Waals surface area contributed by atoms with Crippen molar-refractivity contribution in [2.75, 3.05) is 12.3 Å². The molecule has 1 aromatic heterocycles. The van der Waals surface area contributed by atoms with E-state index in [0.717, 1.165) is 0 Å². The van der Waals surface area contributed by atoms with Crippen molar-refractivity contribution in [2.45, 2.75) is 31.5 Å². The molecule has 0 amide bonds. The number of aryl methyl sites for hydroxylation is 1. The summed E-state index contributed by atoms with van der Waals surface area (Å²) in [6.45, 7) is 1.24. The maximum Gasteiger partial charge on any atom is 0.203 e. The fourth-order valence-corrected chi connectivity index (χ4v) is 2.09. The summed E-state index contributed by atoms with van der Waals surface area (Å²) in [7, 11) is 0. The molecule has 4 N–H and O–H groups in total. The summed E-state index contributed by atoms with van der Waals surface area (Å²) >= 11 is 4.98. The van der Waals surface area contributed by atoms with Gasteiger partial charge < -0.3 is 20.7 Å². The highest BCUT2D eigenvalue weighted by Gasteiger charge is 2.45. The van der Waals surface area contributed by atoms with Crippen LogP contribution >= 0.6 is 12.2 Å². The molecule has 6 nitrogen and oxygen atoms in total. The lowest BCUT2D eigenvalue weighted by Gasteiger charge is -2.17. The molecule has 0 aromatic carbocycles. The number of aliphatic hydroxyl groups is 2. The van der Waals surface area contributed by atoms with Gasteiger partial charge in [0.15, 0.2) is 12.4 Å². The molecule has 1 aromatic rings. The van der Waals surface area contributed by atoms with Crippen LogP contribution in [0.2, 0.25) is 0 Å². The molecule has 0 radical (unpaired) electrons. The smallest absolute Gasteiger partial charge is 0.203 e. The van der Waals surface area contributed by atoms with Gasteiger partial charge in [-0.2, -0.15) is 0 Å². The van der Waals surface area contributed by atoms with Gasteiger partial charge in [0.05, 0.1) is 6.61 Å². The van der Waals surface area contributed by atoms with Crippen LogP contribution in [0.25, 0.3) is 0 Å². The molecule has 1 aliphatic heterocycles. The number of hydrogen-bond acceptors (Lipinski definition) is 6. The van der Waals surface area contributed by atoms with Gasteiger partial charge in [0, 0.05) is 11.8 Å². The van der Waals surface area contributed by atoms with Crippen LogP contribution < -0.4 is 5.73 Å². The van der Waals surface area contributed by atoms with Crippen LogP contribution in [0.1, 0.15) is 11.8 Å². The zero-order chi connectivity index (χ0) is 13.4. The van der Waals surface area contributed by atoms with E-state index in [1.165, 1.54) is 10.8 Å². The highest BCUT2D eigenvalue weighted by Crippen LogP contribution is 2.32. The maximum atomic E-state index is 13.9. The second-order valence-electron chi connectivity index (χ2n) is 4.18. The quantitative estimate of drug-likeness (QED) is 0.662. The van der Waals surface area contributed by atoms with Gasteiger partial charge in [0.25, 0.3) is 0 Å². The lowest BCUT2D eigenvalue weighted by atomic mass is 10.1. The molecule has 1 saturated heterocycles. The van der Waals surface area contributed by atoms with Crippen LogP contribution in [0.4, 0.5) is 10.2 Å². The summed E-state index contributed by atoms with van der Waals surface area (Å²) in [5.74, 6) is 0.268. The molecule has 4 atom stereocenters. The maximum absolute atomic E-state index is 13.9. The Kier molecular flexibility index (Phi) is 3.62. The number of ether oxygens (including phenoxy) is 1. The molecule has 8 heteroatoms. The van der Waals surface area contributed by atoms with Crippen molar-refractivity contribution >= 4 is 18.0 Å². The summed E-state index contributed by atoms with van der Waals surface area (Å²) in [5.41, 5.74) is 6.21. The van der Waals surface area contributed by atoms with E-state index in [4.69, 9.17) is 27.8 Å². The number of rotatable bonds is 2. The molecule has 18 heavy (non-hydrogen) atoms. The third-order valence-corrected chi connectivity index (χ3v) is 3.22. The number of aromatic nitrogens is 2. The highest BCUT2D eigenvalue weighted by molar-refractivity contribution is 7.71. The molecule has 0 bridgehead atoms. The number of nitrogens with zero attached hydrogens (tertiary/aromatic N) is 2. The van der Waals surface area contributed by atoms with Crippen molar-refractivity contribution in [3.05, 3.63) is 16.5 Å². The lowest BCUT2D eigenvalue weighted by Crippen LogP contribution is -2.30. The van der Waals surface area contributed by atoms with Gasteiger partial charge in [-0.05, 0) is 19.1 Å². The first-order valence-electron chi connectivity index (χ1n) is 5.39. The molecule has 0 aliphatic carbocycles. The number of alkyl halides is 1. The Labute approximate surface area is 108 Å². The molecule has 0 spiro atoms. The molecule has 2 rings (SSSR count). The van der Waals surface area contributed by atoms with Crippen LogP contribution in [-0.2, 0) is 4.74 Å². The van der Waals surface area contributed by atoms with Gasteiger partial charge in [-0.15, -0.1) is 0 Å². The van der Waals surface area contributed by atoms with E-state index in [2.05, 4.69) is 4.98 Å². The van der Waals surface area contributed by atoms with Crippen molar-refractivity contribution in [1.29, 1.82) is 0 Å². The first kappa shape index (κ1) is 13.3.